The first-order valence-corrected chi connectivity index (χ1v) is 9.35. The van der Waals surface area contributed by atoms with Gasteiger partial charge in [-0.1, -0.05) is 49.1 Å². The Labute approximate surface area is 159 Å². The molecular weight excluding hydrogens is 348 g/mol. The third kappa shape index (κ3) is 7.70. The van der Waals surface area contributed by atoms with E-state index in [1.54, 1.807) is 6.08 Å². The lowest BCUT2D eigenvalue weighted by molar-refractivity contribution is -0.113. The first-order chi connectivity index (χ1) is 12.6. The van der Waals surface area contributed by atoms with Gasteiger partial charge in [-0.3, -0.25) is 4.79 Å². The fourth-order valence-corrected chi connectivity index (χ4v) is 2.74. The molecule has 2 rings (SSSR count). The van der Waals surface area contributed by atoms with Gasteiger partial charge in [0.25, 0.3) is 0 Å². The molecule has 0 bridgehead atoms. The molecule has 1 aromatic carbocycles. The number of aromatic nitrogens is 1. The molecule has 0 saturated heterocycles. The number of carbonyl (C=O) groups is 1. The van der Waals surface area contributed by atoms with Crippen LogP contribution in [0.4, 0.5) is 0 Å². The second-order valence-corrected chi connectivity index (χ2v) is 6.52. The van der Waals surface area contributed by atoms with Crippen molar-refractivity contribution in [3.63, 3.8) is 0 Å². The number of hydrogen-bond acceptors (Lipinski definition) is 3. The maximum absolute atomic E-state index is 10.5. The molecule has 0 aliphatic carbocycles. The molecule has 0 radical (unpaired) electrons. The zero-order chi connectivity index (χ0) is 18.6. The van der Waals surface area contributed by atoms with E-state index in [1.807, 2.05) is 36.4 Å². The molecule has 0 atom stereocenters. The van der Waals surface area contributed by atoms with E-state index in [-0.39, 0.29) is 0 Å². The molecule has 1 aromatic heterocycles. The van der Waals surface area contributed by atoms with Crippen molar-refractivity contribution in [2.75, 3.05) is 6.61 Å². The molecule has 0 fully saturated rings. The van der Waals surface area contributed by atoms with Gasteiger partial charge in [-0.15, -0.1) is 0 Å². The Balaban J connectivity index is 1.54. The number of pyridine rings is 1. The Morgan fingerprint density at radius 1 is 1.08 bits per heavy atom. The first-order valence-electron chi connectivity index (χ1n) is 8.97. The zero-order valence-corrected chi connectivity index (χ0v) is 15.6. The van der Waals surface area contributed by atoms with E-state index in [0.717, 1.165) is 36.6 Å². The summed E-state index contributed by atoms with van der Waals surface area (Å²) in [5.74, 6) is 0.245. The molecule has 4 nitrogen and oxygen atoms in total. The summed E-state index contributed by atoms with van der Waals surface area (Å²) in [4.78, 5) is 15.0. The molecule has 1 amide bonds. The summed E-state index contributed by atoms with van der Waals surface area (Å²) in [5, 5.41) is 1.73. The highest BCUT2D eigenvalue weighted by molar-refractivity contribution is 6.31. The van der Waals surface area contributed by atoms with Crippen molar-refractivity contribution in [2.24, 2.45) is 5.73 Å². The molecule has 5 heteroatoms. The van der Waals surface area contributed by atoms with E-state index >= 15 is 0 Å². The van der Waals surface area contributed by atoms with Gasteiger partial charge in [0, 0.05) is 22.6 Å². The van der Waals surface area contributed by atoms with Crippen molar-refractivity contribution >= 4 is 28.4 Å². The summed E-state index contributed by atoms with van der Waals surface area (Å²) in [6, 6.07) is 9.51. The predicted octanol–water partition coefficient (Wildman–Crippen LogP) is 5.21. The van der Waals surface area contributed by atoms with Crippen LogP contribution >= 0.6 is 11.6 Å². The number of nitrogens with zero attached hydrogens (tertiary/aromatic N) is 1. The fraction of sp³-hybridized carbons (Fsp3) is 0.333. The lowest BCUT2D eigenvalue weighted by Crippen LogP contribution is -2.04. The number of unbranched alkanes of at least 4 members (excludes halogenated alkanes) is 5. The number of hydrogen-bond donors (Lipinski definition) is 1. The minimum absolute atomic E-state index is 0.417. The van der Waals surface area contributed by atoms with Gasteiger partial charge in [-0.25, -0.2) is 4.98 Å². The summed E-state index contributed by atoms with van der Waals surface area (Å²) in [5.41, 5.74) is 5.90. The Hall–Kier alpha value is -2.33. The standard InChI is InChI=1S/C21H25ClN2O2/c22-18-12-13-19-17(16-18)11-14-21(24-19)26-15-9-7-5-3-1-2-4-6-8-10-20(23)25/h4,6,8,10-14,16H,1-3,5,7,9,15H2,(H2,23,25). The minimum atomic E-state index is -0.417. The molecule has 0 unspecified atom stereocenters. The molecule has 2 N–H and O–H groups in total. The second kappa shape index (κ2) is 11.3. The van der Waals surface area contributed by atoms with Crippen LogP contribution in [0.15, 0.2) is 54.6 Å². The molecule has 138 valence electrons. The maximum Gasteiger partial charge on any atom is 0.241 e. The zero-order valence-electron chi connectivity index (χ0n) is 14.9. The van der Waals surface area contributed by atoms with E-state index in [9.17, 15) is 4.79 Å². The summed E-state index contributed by atoms with van der Waals surface area (Å²) < 4.78 is 5.74. The number of halogens is 1. The van der Waals surface area contributed by atoms with Crippen LogP contribution < -0.4 is 10.5 Å². The van der Waals surface area contributed by atoms with Crippen molar-refractivity contribution in [2.45, 2.75) is 38.5 Å². The van der Waals surface area contributed by atoms with Gasteiger partial charge in [0.05, 0.1) is 12.1 Å². The molecule has 26 heavy (non-hydrogen) atoms. The normalized spacial score (nSPS) is 11.6. The van der Waals surface area contributed by atoms with Crippen LogP contribution in [0.3, 0.4) is 0 Å². The molecule has 0 aliphatic heterocycles. The Bertz CT molecular complexity index is 772. The van der Waals surface area contributed by atoms with E-state index < -0.39 is 5.91 Å². The van der Waals surface area contributed by atoms with Gasteiger partial charge in [-0.2, -0.15) is 0 Å². The average molecular weight is 373 g/mol. The molecule has 2 aromatic rings. The van der Waals surface area contributed by atoms with Crippen molar-refractivity contribution < 1.29 is 9.53 Å². The molecular formula is C21H25ClN2O2. The van der Waals surface area contributed by atoms with Crippen LogP contribution in [0.1, 0.15) is 38.5 Å². The highest BCUT2D eigenvalue weighted by Crippen LogP contribution is 2.20. The number of rotatable bonds is 11. The van der Waals surface area contributed by atoms with Gasteiger partial charge >= 0.3 is 0 Å². The first kappa shape index (κ1) is 20.0. The Morgan fingerprint density at radius 2 is 1.88 bits per heavy atom. The van der Waals surface area contributed by atoms with Gasteiger partial charge in [0.15, 0.2) is 0 Å². The molecule has 0 spiro atoms. The van der Waals surface area contributed by atoms with Gasteiger partial charge in [0.2, 0.25) is 11.8 Å². The van der Waals surface area contributed by atoms with E-state index in [1.165, 1.54) is 18.9 Å². The largest absolute Gasteiger partial charge is 0.478 e. The number of primary amides is 1. The Kier molecular flexibility index (Phi) is 8.70. The topological polar surface area (TPSA) is 65.2 Å². The highest BCUT2D eigenvalue weighted by Gasteiger charge is 2.00. The molecule has 1 heterocycles. The molecule has 0 aliphatic rings. The summed E-state index contributed by atoms with van der Waals surface area (Å²) in [6.45, 7) is 0.684. The maximum atomic E-state index is 10.5. The number of carbonyl (C=O) groups excluding carboxylic acids is 1. The van der Waals surface area contributed by atoms with Crippen molar-refractivity contribution in [1.29, 1.82) is 0 Å². The highest BCUT2D eigenvalue weighted by atomic mass is 35.5. The van der Waals surface area contributed by atoms with Gasteiger partial charge < -0.3 is 10.5 Å². The second-order valence-electron chi connectivity index (χ2n) is 6.08. The smallest absolute Gasteiger partial charge is 0.241 e. The van der Waals surface area contributed by atoms with Crippen molar-refractivity contribution in [1.82, 2.24) is 4.98 Å². The predicted molar refractivity (Wildman–Crippen MR) is 107 cm³/mol. The van der Waals surface area contributed by atoms with Gasteiger partial charge in [-0.05, 0) is 43.5 Å². The SMILES string of the molecule is NC(=O)C=CC=CCCCCCCCOc1ccc2cc(Cl)ccc2n1. The van der Waals surface area contributed by atoms with Crippen LogP contribution in [0.2, 0.25) is 5.02 Å². The molecule has 0 saturated carbocycles. The van der Waals surface area contributed by atoms with E-state index in [0.29, 0.717) is 17.5 Å². The van der Waals surface area contributed by atoms with Crippen LogP contribution in [0, 0.1) is 0 Å². The third-order valence-corrected chi connectivity index (χ3v) is 4.13. The minimum Gasteiger partial charge on any atom is -0.478 e. The third-order valence-electron chi connectivity index (χ3n) is 3.90. The van der Waals surface area contributed by atoms with Crippen molar-refractivity contribution in [3.8, 4) is 5.88 Å². The summed E-state index contributed by atoms with van der Waals surface area (Å²) in [6.07, 6.45) is 13.7. The van der Waals surface area contributed by atoms with Crippen molar-refractivity contribution in [3.05, 3.63) is 59.7 Å². The average Bonchev–Trinajstić information content (AvgIpc) is 2.62. The number of benzene rings is 1. The lowest BCUT2D eigenvalue weighted by Gasteiger charge is -2.06. The van der Waals surface area contributed by atoms with Crippen LogP contribution in [-0.4, -0.2) is 17.5 Å². The number of allylic oxidation sites excluding steroid dienone is 3. The van der Waals surface area contributed by atoms with Crippen LogP contribution in [-0.2, 0) is 4.79 Å². The summed E-state index contributed by atoms with van der Waals surface area (Å²) in [7, 11) is 0. The van der Waals surface area contributed by atoms with Crippen LogP contribution in [0.25, 0.3) is 10.9 Å². The quantitative estimate of drug-likeness (QED) is 0.334. The number of nitrogens with two attached hydrogens (primary N) is 1. The monoisotopic (exact) mass is 372 g/mol. The van der Waals surface area contributed by atoms with E-state index in [4.69, 9.17) is 22.1 Å². The summed E-state index contributed by atoms with van der Waals surface area (Å²) >= 11 is 5.97. The number of fused-ring (bicyclic) bond motifs is 1. The van der Waals surface area contributed by atoms with Gasteiger partial charge in [0.1, 0.15) is 0 Å². The number of amides is 1. The lowest BCUT2D eigenvalue weighted by atomic mass is 10.1. The fourth-order valence-electron chi connectivity index (χ4n) is 2.55. The Morgan fingerprint density at radius 3 is 2.73 bits per heavy atom. The van der Waals surface area contributed by atoms with Crippen LogP contribution in [0.5, 0.6) is 5.88 Å². The number of ether oxygens (including phenoxy) is 1. The van der Waals surface area contributed by atoms with E-state index in [2.05, 4.69) is 11.1 Å².